The van der Waals surface area contributed by atoms with Gasteiger partial charge >= 0.3 is 6.03 Å². The molecule has 1 heterocycles. The molecule has 0 atom stereocenters. The zero-order valence-corrected chi connectivity index (χ0v) is 18.5. The molecule has 0 aliphatic carbocycles. The Morgan fingerprint density at radius 1 is 0.781 bits per heavy atom. The summed E-state index contributed by atoms with van der Waals surface area (Å²) in [5.41, 5.74) is 4.16. The number of urea groups is 1. The molecule has 0 saturated carbocycles. The van der Waals surface area contributed by atoms with Gasteiger partial charge in [-0.25, -0.2) is 4.79 Å². The smallest absolute Gasteiger partial charge is 0.319 e. The van der Waals surface area contributed by atoms with Crippen LogP contribution in [0.1, 0.15) is 15.9 Å². The van der Waals surface area contributed by atoms with Gasteiger partial charge < -0.3 is 20.9 Å². The topological polar surface area (TPSA) is 73.5 Å². The minimum atomic E-state index is -0.288. The molecule has 0 radical (unpaired) electrons. The average Bonchev–Trinajstić information content (AvgIpc) is 2.85. The van der Waals surface area contributed by atoms with Gasteiger partial charge in [-0.15, -0.1) is 0 Å². The molecule has 32 heavy (non-hydrogen) atoms. The Morgan fingerprint density at radius 2 is 1.44 bits per heavy atom. The van der Waals surface area contributed by atoms with E-state index in [2.05, 4.69) is 45.1 Å². The number of hydrogen-bond donors (Lipinski definition) is 3. The van der Waals surface area contributed by atoms with E-state index in [9.17, 15) is 9.59 Å². The molecule has 1 aliphatic rings. The van der Waals surface area contributed by atoms with Crippen LogP contribution < -0.4 is 20.9 Å². The van der Waals surface area contributed by atoms with Crippen LogP contribution in [0.4, 0.5) is 21.9 Å². The average molecular weight is 447 g/mol. The third-order valence-corrected chi connectivity index (χ3v) is 6.14. The quantitative estimate of drug-likeness (QED) is 0.508. The van der Waals surface area contributed by atoms with Gasteiger partial charge in [0, 0.05) is 53.8 Å². The minimum Gasteiger partial charge on any atom is -0.370 e. The Labute approximate surface area is 192 Å². The summed E-state index contributed by atoms with van der Waals surface area (Å²) in [4.78, 5) is 27.0. The fourth-order valence-electron chi connectivity index (χ4n) is 3.43. The molecule has 3 aromatic rings. The second-order valence-electron chi connectivity index (χ2n) is 7.47. The van der Waals surface area contributed by atoms with E-state index < -0.39 is 0 Å². The largest absolute Gasteiger partial charge is 0.370 e. The summed E-state index contributed by atoms with van der Waals surface area (Å²) in [6, 6.07) is 24.1. The van der Waals surface area contributed by atoms with Crippen molar-refractivity contribution in [3.63, 3.8) is 0 Å². The van der Waals surface area contributed by atoms with Crippen LogP contribution in [-0.4, -0.2) is 36.5 Å². The van der Waals surface area contributed by atoms with Crippen molar-refractivity contribution in [1.29, 1.82) is 0 Å². The van der Waals surface area contributed by atoms with Crippen molar-refractivity contribution in [2.75, 3.05) is 40.1 Å². The lowest BCUT2D eigenvalue weighted by Crippen LogP contribution is -2.32. The first-order valence-corrected chi connectivity index (χ1v) is 11.8. The van der Waals surface area contributed by atoms with E-state index in [1.165, 1.54) is 17.2 Å². The van der Waals surface area contributed by atoms with Gasteiger partial charge in [0.15, 0.2) is 0 Å². The van der Waals surface area contributed by atoms with Crippen molar-refractivity contribution in [2.24, 2.45) is 0 Å². The lowest BCUT2D eigenvalue weighted by molar-refractivity contribution is 0.102. The van der Waals surface area contributed by atoms with Crippen LogP contribution in [0.5, 0.6) is 0 Å². The van der Waals surface area contributed by atoms with Crippen molar-refractivity contribution in [3.8, 4) is 0 Å². The summed E-state index contributed by atoms with van der Waals surface area (Å²) in [6.07, 6.45) is 0. The number of para-hydroxylation sites is 1. The van der Waals surface area contributed by atoms with Crippen LogP contribution in [0, 0.1) is 0 Å². The van der Waals surface area contributed by atoms with E-state index in [1.54, 1.807) is 24.3 Å². The number of carbonyl (C=O) groups excluding carboxylic acids is 2. The van der Waals surface area contributed by atoms with E-state index >= 15 is 0 Å². The van der Waals surface area contributed by atoms with Crippen LogP contribution in [0.3, 0.4) is 0 Å². The van der Waals surface area contributed by atoms with Crippen LogP contribution in [0.2, 0.25) is 0 Å². The number of amides is 3. The van der Waals surface area contributed by atoms with Gasteiger partial charge in [0.2, 0.25) is 0 Å². The predicted molar refractivity (Wildman–Crippen MR) is 133 cm³/mol. The molecule has 6 nitrogen and oxygen atoms in total. The number of hydrogen-bond acceptors (Lipinski definition) is 4. The van der Waals surface area contributed by atoms with Crippen LogP contribution in [-0.2, 0) is 6.54 Å². The van der Waals surface area contributed by atoms with Gasteiger partial charge in [-0.1, -0.05) is 30.3 Å². The van der Waals surface area contributed by atoms with Gasteiger partial charge in [0.1, 0.15) is 0 Å². The normalized spacial score (nSPS) is 13.3. The predicted octanol–water partition coefficient (Wildman–Crippen LogP) is 4.81. The molecule has 3 N–H and O–H groups in total. The first-order chi connectivity index (χ1) is 15.7. The molecule has 0 aromatic heterocycles. The first kappa shape index (κ1) is 21.8. The zero-order valence-electron chi connectivity index (χ0n) is 17.7. The fourth-order valence-corrected chi connectivity index (χ4v) is 4.34. The third-order valence-electron chi connectivity index (χ3n) is 5.20. The number of nitrogens with zero attached hydrogens (tertiary/aromatic N) is 1. The number of nitrogens with one attached hydrogen (secondary N) is 3. The molecule has 0 unspecified atom stereocenters. The van der Waals surface area contributed by atoms with Gasteiger partial charge in [-0.05, 0) is 54.1 Å². The molecule has 3 aromatic carbocycles. The molecule has 0 spiro atoms. The van der Waals surface area contributed by atoms with Crippen LogP contribution >= 0.6 is 11.8 Å². The Bertz CT molecular complexity index is 1030. The number of anilines is 3. The first-order valence-electron chi connectivity index (χ1n) is 10.6. The van der Waals surface area contributed by atoms with Gasteiger partial charge in [0.05, 0.1) is 0 Å². The van der Waals surface area contributed by atoms with E-state index in [0.717, 1.165) is 24.3 Å². The summed E-state index contributed by atoms with van der Waals surface area (Å²) in [5.74, 6) is 2.14. The number of benzene rings is 3. The third kappa shape index (κ3) is 6.04. The molecular formula is C25H26N4O2S. The Kier molecular flexibility index (Phi) is 7.30. The fraction of sp³-hybridized carbons (Fsp3) is 0.200. The molecular weight excluding hydrogens is 420 g/mol. The molecule has 3 amide bonds. The highest BCUT2D eigenvalue weighted by Gasteiger charge is 2.11. The summed E-state index contributed by atoms with van der Waals surface area (Å²) < 4.78 is 0. The minimum absolute atomic E-state index is 0.195. The molecule has 4 rings (SSSR count). The number of thioether (sulfide) groups is 1. The number of rotatable bonds is 6. The van der Waals surface area contributed by atoms with Crippen molar-refractivity contribution < 1.29 is 9.59 Å². The Balaban J connectivity index is 1.24. The SMILES string of the molecule is O=C(NCc1ccc(N2CCSCC2)cc1)Nc1ccc(C(=O)Nc2ccccc2)cc1. The van der Waals surface area contributed by atoms with Crippen molar-refractivity contribution in [1.82, 2.24) is 5.32 Å². The summed E-state index contributed by atoms with van der Waals surface area (Å²) in [5, 5.41) is 8.51. The van der Waals surface area contributed by atoms with Crippen LogP contribution in [0.25, 0.3) is 0 Å². The van der Waals surface area contributed by atoms with E-state index in [0.29, 0.717) is 17.8 Å². The lowest BCUT2D eigenvalue weighted by Gasteiger charge is -2.28. The molecule has 7 heteroatoms. The Hall–Kier alpha value is -3.45. The molecule has 1 aliphatic heterocycles. The van der Waals surface area contributed by atoms with E-state index in [1.807, 2.05) is 42.1 Å². The summed E-state index contributed by atoms with van der Waals surface area (Å²) in [7, 11) is 0. The highest BCUT2D eigenvalue weighted by molar-refractivity contribution is 7.99. The molecule has 1 saturated heterocycles. The van der Waals surface area contributed by atoms with Gasteiger partial charge in [0.25, 0.3) is 5.91 Å². The van der Waals surface area contributed by atoms with Crippen molar-refractivity contribution >= 4 is 40.8 Å². The highest BCUT2D eigenvalue weighted by Crippen LogP contribution is 2.20. The highest BCUT2D eigenvalue weighted by atomic mass is 32.2. The monoisotopic (exact) mass is 446 g/mol. The number of carbonyl (C=O) groups is 2. The molecule has 164 valence electrons. The maximum absolute atomic E-state index is 12.3. The second kappa shape index (κ2) is 10.7. The van der Waals surface area contributed by atoms with Gasteiger partial charge in [-0.2, -0.15) is 11.8 Å². The van der Waals surface area contributed by atoms with E-state index in [-0.39, 0.29) is 11.9 Å². The maximum Gasteiger partial charge on any atom is 0.319 e. The van der Waals surface area contributed by atoms with E-state index in [4.69, 9.17) is 0 Å². The van der Waals surface area contributed by atoms with Crippen LogP contribution in [0.15, 0.2) is 78.9 Å². The standard InChI is InChI=1S/C25H26N4O2S/c30-24(27-21-4-2-1-3-5-21)20-8-10-22(11-9-20)28-25(31)26-18-19-6-12-23(13-7-19)29-14-16-32-17-15-29/h1-13H,14-18H2,(H,27,30)(H2,26,28,31). The summed E-state index contributed by atoms with van der Waals surface area (Å²) in [6.45, 7) is 2.61. The lowest BCUT2D eigenvalue weighted by atomic mass is 10.2. The van der Waals surface area contributed by atoms with Crippen molar-refractivity contribution in [3.05, 3.63) is 90.0 Å². The summed E-state index contributed by atoms with van der Waals surface area (Å²) >= 11 is 1.99. The Morgan fingerprint density at radius 3 is 2.12 bits per heavy atom. The second-order valence-corrected chi connectivity index (χ2v) is 8.70. The van der Waals surface area contributed by atoms with Gasteiger partial charge in [-0.3, -0.25) is 4.79 Å². The molecule has 0 bridgehead atoms. The zero-order chi connectivity index (χ0) is 22.2. The molecule has 1 fully saturated rings. The van der Waals surface area contributed by atoms with Crippen molar-refractivity contribution in [2.45, 2.75) is 6.54 Å². The maximum atomic E-state index is 12.3.